The van der Waals surface area contributed by atoms with Crippen LogP contribution in [0.2, 0.25) is 0 Å². The third-order valence-corrected chi connectivity index (χ3v) is 4.48. The minimum atomic E-state index is -0.629. The summed E-state index contributed by atoms with van der Waals surface area (Å²) in [5.74, 6) is 0.521. The van der Waals surface area contributed by atoms with Crippen LogP contribution in [0.1, 0.15) is 23.6 Å². The first-order valence-corrected chi connectivity index (χ1v) is 8.69. The lowest BCUT2D eigenvalue weighted by Crippen LogP contribution is -2.46. The molecule has 132 valence electrons. The van der Waals surface area contributed by atoms with Gasteiger partial charge in [-0.05, 0) is 37.1 Å². The molecule has 3 rings (SSSR count). The molecule has 0 radical (unpaired) electrons. The number of carbonyl (C=O) groups excluding carboxylic acids is 1. The maximum Gasteiger partial charge on any atom is 0.258 e. The minimum Gasteiger partial charge on any atom is -0.484 e. The number of carbonyl (C=O) groups is 1. The van der Waals surface area contributed by atoms with Crippen molar-refractivity contribution in [3.63, 3.8) is 0 Å². The fraction of sp³-hybridized carbons (Fsp3) is 0.174. The number of nitrogens with one attached hydrogen (secondary N) is 1. The van der Waals surface area contributed by atoms with E-state index in [1.807, 2.05) is 98.8 Å². The topological polar surface area (TPSA) is 38.3 Å². The van der Waals surface area contributed by atoms with Gasteiger partial charge in [0.2, 0.25) is 0 Å². The van der Waals surface area contributed by atoms with Gasteiger partial charge in [-0.25, -0.2) is 0 Å². The van der Waals surface area contributed by atoms with Gasteiger partial charge >= 0.3 is 0 Å². The van der Waals surface area contributed by atoms with Gasteiger partial charge in [0.15, 0.2) is 6.61 Å². The zero-order valence-electron chi connectivity index (χ0n) is 15.1. The average molecular weight is 345 g/mol. The van der Waals surface area contributed by atoms with Gasteiger partial charge in [0, 0.05) is 0 Å². The summed E-state index contributed by atoms with van der Waals surface area (Å²) in [5, 5.41) is 3.14. The molecule has 0 unspecified atom stereocenters. The molecule has 3 nitrogen and oxygen atoms in total. The van der Waals surface area contributed by atoms with Crippen molar-refractivity contribution < 1.29 is 9.53 Å². The average Bonchev–Trinajstić information content (AvgIpc) is 2.69. The maximum absolute atomic E-state index is 12.6. The van der Waals surface area contributed by atoms with Crippen molar-refractivity contribution in [3.8, 4) is 5.75 Å². The van der Waals surface area contributed by atoms with Crippen molar-refractivity contribution >= 4 is 5.91 Å². The van der Waals surface area contributed by atoms with Gasteiger partial charge in [0.05, 0.1) is 5.54 Å². The van der Waals surface area contributed by atoms with E-state index in [0.29, 0.717) is 5.75 Å². The van der Waals surface area contributed by atoms with E-state index in [4.69, 9.17) is 4.74 Å². The van der Waals surface area contributed by atoms with Crippen molar-refractivity contribution in [1.29, 1.82) is 0 Å². The van der Waals surface area contributed by atoms with E-state index in [1.54, 1.807) is 0 Å². The van der Waals surface area contributed by atoms with Crippen LogP contribution in [0.4, 0.5) is 0 Å². The van der Waals surface area contributed by atoms with Crippen LogP contribution in [-0.4, -0.2) is 12.5 Å². The fourth-order valence-corrected chi connectivity index (χ4v) is 2.95. The first-order valence-electron chi connectivity index (χ1n) is 8.69. The molecule has 3 heteroatoms. The molecule has 1 amide bonds. The largest absolute Gasteiger partial charge is 0.484 e. The molecule has 0 atom stereocenters. The predicted octanol–water partition coefficient (Wildman–Crippen LogP) is 4.45. The Kier molecular flexibility index (Phi) is 5.37. The lowest BCUT2D eigenvalue weighted by molar-refractivity contribution is -0.124. The van der Waals surface area contributed by atoms with E-state index in [0.717, 1.165) is 16.7 Å². The quantitative estimate of drug-likeness (QED) is 0.716. The number of hydrogen-bond donors (Lipinski definition) is 1. The monoisotopic (exact) mass is 345 g/mol. The Morgan fingerprint density at radius 3 is 1.85 bits per heavy atom. The van der Waals surface area contributed by atoms with E-state index >= 15 is 0 Å². The fourth-order valence-electron chi connectivity index (χ4n) is 2.95. The van der Waals surface area contributed by atoms with Crippen molar-refractivity contribution in [2.45, 2.75) is 19.4 Å². The van der Waals surface area contributed by atoms with Gasteiger partial charge in [-0.2, -0.15) is 0 Å². The molecule has 0 aliphatic rings. The molecular formula is C23H23NO2. The highest BCUT2D eigenvalue weighted by molar-refractivity contribution is 5.79. The standard InChI is InChI=1S/C23H23NO2/c1-18-13-15-21(16-14-18)26-17-22(25)24-23(2,19-9-5-3-6-10-19)20-11-7-4-8-12-20/h3-16H,17H2,1-2H3,(H,24,25). The highest BCUT2D eigenvalue weighted by atomic mass is 16.5. The molecule has 3 aromatic rings. The van der Waals surface area contributed by atoms with E-state index < -0.39 is 5.54 Å². The van der Waals surface area contributed by atoms with Crippen LogP contribution in [0.3, 0.4) is 0 Å². The normalized spacial score (nSPS) is 11.0. The Labute approximate surface area is 154 Å². The molecule has 0 spiro atoms. The highest BCUT2D eigenvalue weighted by Crippen LogP contribution is 2.29. The Hall–Kier alpha value is -3.07. The Morgan fingerprint density at radius 1 is 0.846 bits per heavy atom. The lowest BCUT2D eigenvalue weighted by Gasteiger charge is -2.32. The summed E-state index contributed by atoms with van der Waals surface area (Å²) < 4.78 is 5.63. The summed E-state index contributed by atoms with van der Waals surface area (Å²) >= 11 is 0. The van der Waals surface area contributed by atoms with Gasteiger partial charge in [0.25, 0.3) is 5.91 Å². The van der Waals surface area contributed by atoms with E-state index in [2.05, 4.69) is 5.32 Å². The summed E-state index contributed by atoms with van der Waals surface area (Å²) in [6.07, 6.45) is 0. The van der Waals surface area contributed by atoms with Crippen LogP contribution in [0, 0.1) is 6.92 Å². The molecule has 0 aromatic heterocycles. The zero-order valence-corrected chi connectivity index (χ0v) is 15.1. The highest BCUT2D eigenvalue weighted by Gasteiger charge is 2.30. The van der Waals surface area contributed by atoms with Gasteiger partial charge in [-0.1, -0.05) is 78.4 Å². The molecular weight excluding hydrogens is 322 g/mol. The molecule has 0 bridgehead atoms. The SMILES string of the molecule is Cc1ccc(OCC(=O)NC(C)(c2ccccc2)c2ccccc2)cc1. The second-order valence-corrected chi connectivity index (χ2v) is 6.51. The second-order valence-electron chi connectivity index (χ2n) is 6.51. The molecule has 0 saturated carbocycles. The third-order valence-electron chi connectivity index (χ3n) is 4.48. The van der Waals surface area contributed by atoms with Crippen molar-refractivity contribution in [2.24, 2.45) is 0 Å². The van der Waals surface area contributed by atoms with Gasteiger partial charge in [-0.3, -0.25) is 4.79 Å². The molecule has 26 heavy (non-hydrogen) atoms. The third kappa shape index (κ3) is 4.12. The molecule has 1 N–H and O–H groups in total. The van der Waals surface area contributed by atoms with Crippen molar-refractivity contribution in [1.82, 2.24) is 5.32 Å². The Bertz CT molecular complexity index is 803. The minimum absolute atomic E-state index is 0.0294. The summed E-state index contributed by atoms with van der Waals surface area (Å²) in [7, 11) is 0. The van der Waals surface area contributed by atoms with Crippen LogP contribution in [0.5, 0.6) is 5.75 Å². The smallest absolute Gasteiger partial charge is 0.258 e. The van der Waals surface area contributed by atoms with Gasteiger partial charge < -0.3 is 10.1 Å². The summed E-state index contributed by atoms with van der Waals surface area (Å²) in [4.78, 5) is 12.6. The number of benzene rings is 3. The van der Waals surface area contributed by atoms with Crippen LogP contribution in [-0.2, 0) is 10.3 Å². The van der Waals surface area contributed by atoms with E-state index in [9.17, 15) is 4.79 Å². The molecule has 0 aliphatic heterocycles. The molecule has 0 saturated heterocycles. The molecule has 3 aromatic carbocycles. The van der Waals surface area contributed by atoms with Crippen LogP contribution in [0.15, 0.2) is 84.9 Å². The van der Waals surface area contributed by atoms with E-state index in [1.165, 1.54) is 0 Å². The number of rotatable bonds is 6. The molecule has 0 aliphatic carbocycles. The molecule has 0 heterocycles. The van der Waals surface area contributed by atoms with Crippen LogP contribution >= 0.6 is 0 Å². The summed E-state index contributed by atoms with van der Waals surface area (Å²) in [6.45, 7) is 4.00. The number of hydrogen-bond acceptors (Lipinski definition) is 2. The van der Waals surface area contributed by atoms with Crippen LogP contribution < -0.4 is 10.1 Å². The van der Waals surface area contributed by atoms with E-state index in [-0.39, 0.29) is 12.5 Å². The number of ether oxygens (including phenoxy) is 1. The molecule has 0 fully saturated rings. The first-order chi connectivity index (χ1) is 12.6. The van der Waals surface area contributed by atoms with Crippen LogP contribution in [0.25, 0.3) is 0 Å². The Morgan fingerprint density at radius 2 is 1.35 bits per heavy atom. The van der Waals surface area contributed by atoms with Crippen molar-refractivity contribution in [3.05, 3.63) is 102 Å². The lowest BCUT2D eigenvalue weighted by atomic mass is 9.84. The van der Waals surface area contributed by atoms with Gasteiger partial charge in [0.1, 0.15) is 5.75 Å². The number of amides is 1. The van der Waals surface area contributed by atoms with Gasteiger partial charge in [-0.15, -0.1) is 0 Å². The zero-order chi connectivity index (χ0) is 18.4. The first kappa shape index (κ1) is 17.7. The maximum atomic E-state index is 12.6. The Balaban J connectivity index is 1.77. The number of aryl methyl sites for hydroxylation is 1. The summed E-state index contributed by atoms with van der Waals surface area (Å²) in [5.41, 5.74) is 2.57. The predicted molar refractivity (Wildman–Crippen MR) is 104 cm³/mol. The summed E-state index contributed by atoms with van der Waals surface area (Å²) in [6, 6.07) is 27.6. The van der Waals surface area contributed by atoms with Crippen molar-refractivity contribution in [2.75, 3.05) is 6.61 Å². The second kappa shape index (κ2) is 7.87.